The van der Waals surface area contributed by atoms with Gasteiger partial charge in [-0.25, -0.2) is 14.4 Å². The third-order valence-electron chi connectivity index (χ3n) is 7.06. The molecule has 1 fully saturated rings. The van der Waals surface area contributed by atoms with Crippen molar-refractivity contribution in [2.45, 2.75) is 32.0 Å². The van der Waals surface area contributed by atoms with E-state index in [-0.39, 0.29) is 35.2 Å². The van der Waals surface area contributed by atoms with E-state index in [0.717, 1.165) is 5.56 Å². The highest BCUT2D eigenvalue weighted by molar-refractivity contribution is 5.89. The molecule has 4 aromatic rings. The second-order valence-corrected chi connectivity index (χ2v) is 9.49. The van der Waals surface area contributed by atoms with E-state index in [2.05, 4.69) is 39.7 Å². The fourth-order valence-corrected chi connectivity index (χ4v) is 5.20. The zero-order valence-corrected chi connectivity index (χ0v) is 20.8. The first-order valence-corrected chi connectivity index (χ1v) is 12.1. The Balaban J connectivity index is 1.56. The number of hydrogen-bond donors (Lipinski definition) is 0. The van der Waals surface area contributed by atoms with E-state index in [4.69, 9.17) is 0 Å². The topological polar surface area (TPSA) is 78.0 Å². The number of halogens is 2. The molecule has 0 amide bonds. The van der Waals surface area contributed by atoms with E-state index < -0.39 is 5.95 Å². The summed E-state index contributed by atoms with van der Waals surface area (Å²) in [5.74, 6) is -0.919. The Morgan fingerprint density at radius 1 is 1.00 bits per heavy atom. The number of hydrogen-bond acceptors (Lipinski definition) is 6. The fourth-order valence-electron chi connectivity index (χ4n) is 5.20. The SMILES string of the molecule is C[C@H]1CN(C(c2ccc(F)cc2)c2cccc(F)n2)[C@@H](C)CN1c1cc(=O)n(C)c2ccc(C#N)nc12. The average Bonchev–Trinajstić information content (AvgIpc) is 2.89. The van der Waals surface area contributed by atoms with Gasteiger partial charge in [-0.2, -0.15) is 9.65 Å². The lowest BCUT2D eigenvalue weighted by Crippen LogP contribution is -2.57. The predicted molar refractivity (Wildman–Crippen MR) is 137 cm³/mol. The van der Waals surface area contributed by atoms with Crippen molar-refractivity contribution in [2.75, 3.05) is 18.0 Å². The van der Waals surface area contributed by atoms with Crippen molar-refractivity contribution in [2.24, 2.45) is 7.05 Å². The van der Waals surface area contributed by atoms with E-state index in [1.165, 1.54) is 22.8 Å². The molecule has 3 aromatic heterocycles. The van der Waals surface area contributed by atoms with Gasteiger partial charge < -0.3 is 9.47 Å². The lowest BCUT2D eigenvalue weighted by molar-refractivity contribution is 0.127. The van der Waals surface area contributed by atoms with Gasteiger partial charge in [0.2, 0.25) is 5.95 Å². The molecule has 1 saturated heterocycles. The molecule has 37 heavy (non-hydrogen) atoms. The maximum atomic E-state index is 14.2. The minimum absolute atomic E-state index is 0.0467. The van der Waals surface area contributed by atoms with Crippen LogP contribution in [0.3, 0.4) is 0 Å². The number of aromatic nitrogens is 3. The first-order valence-electron chi connectivity index (χ1n) is 12.1. The molecular weight excluding hydrogens is 474 g/mol. The summed E-state index contributed by atoms with van der Waals surface area (Å²) in [6.07, 6.45) is 0. The van der Waals surface area contributed by atoms with Crippen molar-refractivity contribution >= 4 is 16.7 Å². The van der Waals surface area contributed by atoms with Crippen LogP contribution in [0.15, 0.2) is 65.5 Å². The number of nitriles is 1. The highest BCUT2D eigenvalue weighted by Gasteiger charge is 2.36. The van der Waals surface area contributed by atoms with E-state index in [0.29, 0.717) is 35.5 Å². The summed E-state index contributed by atoms with van der Waals surface area (Å²) in [7, 11) is 1.69. The first kappa shape index (κ1) is 24.5. The summed E-state index contributed by atoms with van der Waals surface area (Å²) in [5, 5.41) is 9.41. The van der Waals surface area contributed by atoms with Crippen LogP contribution in [0.25, 0.3) is 11.0 Å². The number of anilines is 1. The van der Waals surface area contributed by atoms with Crippen molar-refractivity contribution in [1.82, 2.24) is 19.4 Å². The molecule has 0 radical (unpaired) electrons. The molecule has 0 aliphatic carbocycles. The Morgan fingerprint density at radius 2 is 1.76 bits per heavy atom. The molecule has 5 rings (SSSR count). The van der Waals surface area contributed by atoms with Crippen LogP contribution >= 0.6 is 0 Å². The lowest BCUT2D eigenvalue weighted by atomic mass is 9.96. The van der Waals surface area contributed by atoms with Crippen LogP contribution in [-0.2, 0) is 7.05 Å². The lowest BCUT2D eigenvalue weighted by Gasteiger charge is -2.48. The number of nitrogens with zero attached hydrogens (tertiary/aromatic N) is 6. The maximum Gasteiger partial charge on any atom is 0.252 e. The van der Waals surface area contributed by atoms with Crippen molar-refractivity contribution in [1.29, 1.82) is 5.26 Å². The molecule has 9 heteroatoms. The third-order valence-corrected chi connectivity index (χ3v) is 7.06. The van der Waals surface area contributed by atoms with Crippen molar-refractivity contribution < 1.29 is 8.78 Å². The summed E-state index contributed by atoms with van der Waals surface area (Å²) in [6, 6.07) is 17.4. The van der Waals surface area contributed by atoms with Gasteiger partial charge in [0, 0.05) is 38.3 Å². The van der Waals surface area contributed by atoms with Gasteiger partial charge in [0.1, 0.15) is 23.1 Å². The summed E-state index contributed by atoms with van der Waals surface area (Å²) in [6.45, 7) is 5.23. The van der Waals surface area contributed by atoms with E-state index in [9.17, 15) is 18.8 Å². The number of pyridine rings is 3. The van der Waals surface area contributed by atoms with Crippen LogP contribution in [-0.4, -0.2) is 44.6 Å². The Bertz CT molecular complexity index is 1560. The zero-order valence-electron chi connectivity index (χ0n) is 20.8. The molecule has 1 aliphatic rings. The van der Waals surface area contributed by atoms with Crippen LogP contribution in [0.4, 0.5) is 14.5 Å². The normalized spacial score (nSPS) is 19.1. The van der Waals surface area contributed by atoms with Gasteiger partial charge in [0.25, 0.3) is 5.56 Å². The molecule has 3 atom stereocenters. The van der Waals surface area contributed by atoms with Gasteiger partial charge in [0.05, 0.1) is 22.9 Å². The Morgan fingerprint density at radius 3 is 2.46 bits per heavy atom. The van der Waals surface area contributed by atoms with E-state index in [1.54, 1.807) is 49.5 Å². The highest BCUT2D eigenvalue weighted by atomic mass is 19.1. The predicted octanol–water partition coefficient (Wildman–Crippen LogP) is 4.17. The molecule has 7 nitrogen and oxygen atoms in total. The number of piperazine rings is 1. The fraction of sp³-hybridized carbons (Fsp3) is 0.286. The molecule has 0 bridgehead atoms. The van der Waals surface area contributed by atoms with Crippen molar-refractivity contribution in [3.63, 3.8) is 0 Å². The van der Waals surface area contributed by atoms with Crippen LogP contribution in [0.2, 0.25) is 0 Å². The summed E-state index contributed by atoms with van der Waals surface area (Å²) >= 11 is 0. The number of aryl methyl sites for hydroxylation is 1. The van der Waals surface area contributed by atoms with Crippen molar-refractivity contribution in [3.05, 3.63) is 99.7 Å². The maximum absolute atomic E-state index is 14.2. The molecule has 1 unspecified atom stereocenters. The molecule has 188 valence electrons. The van der Waals surface area contributed by atoms with Gasteiger partial charge in [-0.05, 0) is 55.8 Å². The van der Waals surface area contributed by atoms with Crippen LogP contribution in [0, 0.1) is 23.1 Å². The summed E-state index contributed by atoms with van der Waals surface area (Å²) in [4.78, 5) is 25.9. The second-order valence-electron chi connectivity index (χ2n) is 9.49. The monoisotopic (exact) mass is 500 g/mol. The minimum atomic E-state index is -0.574. The first-order chi connectivity index (χ1) is 17.8. The number of rotatable bonds is 4. The molecule has 4 heterocycles. The van der Waals surface area contributed by atoms with Crippen molar-refractivity contribution in [3.8, 4) is 6.07 Å². The number of fused-ring (bicyclic) bond motifs is 1. The second kappa shape index (κ2) is 9.71. The van der Waals surface area contributed by atoms with E-state index in [1.807, 2.05) is 0 Å². The minimum Gasteiger partial charge on any atom is -0.364 e. The quantitative estimate of drug-likeness (QED) is 0.392. The molecule has 0 saturated carbocycles. The Labute approximate surface area is 213 Å². The number of benzene rings is 1. The van der Waals surface area contributed by atoms with Crippen LogP contribution in [0.5, 0.6) is 0 Å². The van der Waals surface area contributed by atoms with Gasteiger partial charge in [0.15, 0.2) is 0 Å². The van der Waals surface area contributed by atoms with Gasteiger partial charge in [-0.3, -0.25) is 9.69 Å². The molecular formula is C28H26F2N6O. The standard InChI is InChI=1S/C28H26F2N6O/c1-17-16-36(28(19-7-9-20(29)10-8-19)22-5-4-6-25(30)33-22)18(2)15-35(17)24-13-26(37)34(3)23-12-11-21(14-31)32-27(23)24/h4-13,17-18,28H,15-16H2,1-3H3/t17-,18-,28?/m0/s1. The summed E-state index contributed by atoms with van der Waals surface area (Å²) < 4.78 is 29.4. The highest BCUT2D eigenvalue weighted by Crippen LogP contribution is 2.35. The van der Waals surface area contributed by atoms with Gasteiger partial charge in [-0.15, -0.1) is 0 Å². The van der Waals surface area contributed by atoms with Gasteiger partial charge >= 0.3 is 0 Å². The molecule has 0 N–H and O–H groups in total. The van der Waals surface area contributed by atoms with E-state index >= 15 is 0 Å². The molecule has 1 aromatic carbocycles. The summed E-state index contributed by atoms with van der Waals surface area (Å²) in [5.41, 5.74) is 3.39. The third kappa shape index (κ3) is 4.56. The largest absolute Gasteiger partial charge is 0.364 e. The van der Waals surface area contributed by atoms with Crippen LogP contribution in [0.1, 0.15) is 36.8 Å². The smallest absolute Gasteiger partial charge is 0.252 e. The average molecular weight is 501 g/mol. The zero-order chi connectivity index (χ0) is 26.3. The molecule has 0 spiro atoms. The van der Waals surface area contributed by atoms with Crippen LogP contribution < -0.4 is 10.5 Å². The molecule has 1 aliphatic heterocycles. The Hall–Kier alpha value is -4.16. The van der Waals surface area contributed by atoms with Gasteiger partial charge in [-0.1, -0.05) is 18.2 Å². The Kier molecular flexibility index (Phi) is 6.44.